The molecule has 4 N–H and O–H groups in total. The lowest BCUT2D eigenvalue weighted by atomic mass is 9.99. The van der Waals surface area contributed by atoms with Crippen LogP contribution < -0.4 is 16.4 Å². The van der Waals surface area contributed by atoms with Crippen LogP contribution in [0.5, 0.6) is 0 Å². The number of carbonyl (C=O) groups is 1. The zero-order valence-corrected chi connectivity index (χ0v) is 16.4. The van der Waals surface area contributed by atoms with Crippen LogP contribution in [0.15, 0.2) is 72.9 Å². The number of hydrogen-bond donors (Lipinski definition) is 3. The molecule has 4 aromatic rings. The summed E-state index contributed by atoms with van der Waals surface area (Å²) in [6, 6.07) is 15.2. The molecule has 0 saturated carbocycles. The molecule has 0 fully saturated rings. The van der Waals surface area contributed by atoms with Gasteiger partial charge in [-0.15, -0.1) is 0 Å². The van der Waals surface area contributed by atoms with Gasteiger partial charge in [-0.2, -0.15) is 13.2 Å². The van der Waals surface area contributed by atoms with Crippen LogP contribution >= 0.6 is 0 Å². The molecule has 0 unspecified atom stereocenters. The van der Waals surface area contributed by atoms with Gasteiger partial charge in [0.1, 0.15) is 11.6 Å². The zero-order valence-electron chi connectivity index (χ0n) is 16.4. The number of aromatic nitrogens is 1. The first kappa shape index (κ1) is 21.1. The number of pyridine rings is 1. The Morgan fingerprint density at radius 2 is 1.69 bits per heavy atom. The first-order valence-electron chi connectivity index (χ1n) is 9.40. The third-order valence-corrected chi connectivity index (χ3v) is 4.78. The smallest absolute Gasteiger partial charge is 0.384 e. The molecule has 162 valence electrons. The van der Waals surface area contributed by atoms with Gasteiger partial charge in [0.15, 0.2) is 0 Å². The summed E-state index contributed by atoms with van der Waals surface area (Å²) in [5, 5.41) is 6.41. The molecular formula is C23H16F4N4O. The van der Waals surface area contributed by atoms with E-state index in [0.717, 1.165) is 21.9 Å². The van der Waals surface area contributed by atoms with E-state index in [-0.39, 0.29) is 0 Å². The van der Waals surface area contributed by atoms with Crippen molar-refractivity contribution in [2.75, 3.05) is 16.4 Å². The second-order valence-corrected chi connectivity index (χ2v) is 6.98. The predicted octanol–water partition coefficient (Wildman–Crippen LogP) is 6.29. The summed E-state index contributed by atoms with van der Waals surface area (Å²) >= 11 is 0. The summed E-state index contributed by atoms with van der Waals surface area (Å²) in [4.78, 5) is 16.3. The van der Waals surface area contributed by atoms with Gasteiger partial charge in [-0.3, -0.25) is 0 Å². The molecule has 5 nitrogen and oxygen atoms in total. The highest BCUT2D eigenvalue weighted by Gasteiger charge is 2.31. The minimum atomic E-state index is -4.65. The van der Waals surface area contributed by atoms with Gasteiger partial charge in [-0.1, -0.05) is 30.3 Å². The summed E-state index contributed by atoms with van der Waals surface area (Å²) in [5.74, 6) is -0.588. The van der Waals surface area contributed by atoms with Crippen molar-refractivity contribution < 1.29 is 22.4 Å². The molecule has 0 bridgehead atoms. The maximum Gasteiger partial charge on any atom is 0.416 e. The monoisotopic (exact) mass is 440 g/mol. The van der Waals surface area contributed by atoms with E-state index in [0.29, 0.717) is 29.7 Å². The number of urea groups is 1. The summed E-state index contributed by atoms with van der Waals surface area (Å²) < 4.78 is 52.3. The number of anilines is 3. The molecular weight excluding hydrogens is 424 g/mol. The van der Waals surface area contributed by atoms with Gasteiger partial charge >= 0.3 is 12.2 Å². The van der Waals surface area contributed by atoms with Crippen molar-refractivity contribution in [1.29, 1.82) is 0 Å². The zero-order chi connectivity index (χ0) is 22.9. The number of fused-ring (bicyclic) bond motifs is 1. The normalized spacial score (nSPS) is 11.4. The lowest BCUT2D eigenvalue weighted by Crippen LogP contribution is -2.20. The lowest BCUT2D eigenvalue weighted by molar-refractivity contribution is -0.137. The van der Waals surface area contributed by atoms with Crippen LogP contribution in [0.1, 0.15) is 5.56 Å². The van der Waals surface area contributed by atoms with E-state index in [1.807, 2.05) is 18.2 Å². The lowest BCUT2D eigenvalue weighted by Gasteiger charge is -2.12. The highest BCUT2D eigenvalue weighted by atomic mass is 19.4. The fourth-order valence-corrected chi connectivity index (χ4v) is 3.25. The Bertz CT molecular complexity index is 1300. The molecule has 0 aliphatic carbocycles. The second kappa shape index (κ2) is 8.18. The first-order chi connectivity index (χ1) is 15.2. The van der Waals surface area contributed by atoms with Crippen molar-refractivity contribution in [2.24, 2.45) is 0 Å². The van der Waals surface area contributed by atoms with Crippen molar-refractivity contribution in [1.82, 2.24) is 4.98 Å². The molecule has 1 heterocycles. The highest BCUT2D eigenvalue weighted by molar-refractivity contribution is 6.01. The molecule has 4 rings (SSSR count). The number of amides is 2. The highest BCUT2D eigenvalue weighted by Crippen LogP contribution is 2.32. The molecule has 0 spiro atoms. The Kier molecular flexibility index (Phi) is 5.40. The number of hydrogen-bond acceptors (Lipinski definition) is 3. The number of nitrogens with zero attached hydrogens (tertiary/aromatic N) is 1. The van der Waals surface area contributed by atoms with Crippen molar-refractivity contribution >= 4 is 34.0 Å². The van der Waals surface area contributed by atoms with Crippen LogP contribution in [0.4, 0.5) is 39.5 Å². The molecule has 9 heteroatoms. The molecule has 1 aromatic heterocycles. The van der Waals surface area contributed by atoms with Crippen LogP contribution in [0.25, 0.3) is 21.9 Å². The van der Waals surface area contributed by atoms with Gasteiger partial charge in [0.25, 0.3) is 0 Å². The van der Waals surface area contributed by atoms with E-state index >= 15 is 0 Å². The minimum Gasteiger partial charge on any atom is -0.384 e. The SMILES string of the molecule is Nc1cc2c(-c3ccc(NC(=O)Nc4cc(C(F)(F)F)ccc4F)cc3)cccc2cn1. The summed E-state index contributed by atoms with van der Waals surface area (Å²) in [5.41, 5.74) is 6.31. The fraction of sp³-hybridized carbons (Fsp3) is 0.0435. The Labute approximate surface area is 179 Å². The topological polar surface area (TPSA) is 80.0 Å². The van der Waals surface area contributed by atoms with Crippen molar-refractivity contribution in [3.8, 4) is 11.1 Å². The Balaban J connectivity index is 1.52. The number of halogens is 4. The predicted molar refractivity (Wildman–Crippen MR) is 116 cm³/mol. The summed E-state index contributed by atoms with van der Waals surface area (Å²) in [6.45, 7) is 0. The minimum absolute atomic E-state index is 0.375. The standard InChI is InChI=1S/C23H16F4N4O/c24-19-9-6-15(23(25,26)27)10-20(19)31-22(32)30-16-7-4-13(5-8-16)17-3-1-2-14-12-29-21(28)11-18(14)17/h1-12H,(H2,28,29)(H2,30,31,32). The van der Waals surface area contributed by atoms with Gasteiger partial charge in [0.2, 0.25) is 0 Å². The van der Waals surface area contributed by atoms with E-state index < -0.39 is 29.3 Å². The number of nitrogen functional groups attached to an aromatic ring is 1. The number of nitrogens with one attached hydrogen (secondary N) is 2. The Morgan fingerprint density at radius 1 is 0.938 bits per heavy atom. The number of nitrogens with two attached hydrogens (primary N) is 1. The summed E-state index contributed by atoms with van der Waals surface area (Å²) in [7, 11) is 0. The summed E-state index contributed by atoms with van der Waals surface area (Å²) in [6.07, 6.45) is -2.97. The van der Waals surface area contributed by atoms with Crippen LogP contribution in [0.3, 0.4) is 0 Å². The van der Waals surface area contributed by atoms with Gasteiger partial charge in [0.05, 0.1) is 11.3 Å². The number of alkyl halides is 3. The van der Waals surface area contributed by atoms with E-state index in [1.54, 1.807) is 36.5 Å². The average molecular weight is 440 g/mol. The largest absolute Gasteiger partial charge is 0.416 e. The van der Waals surface area contributed by atoms with Gasteiger partial charge in [0, 0.05) is 17.3 Å². The van der Waals surface area contributed by atoms with Crippen LogP contribution in [-0.4, -0.2) is 11.0 Å². The molecule has 0 atom stereocenters. The second-order valence-electron chi connectivity index (χ2n) is 6.98. The number of carbonyl (C=O) groups excluding carboxylic acids is 1. The molecule has 0 aliphatic heterocycles. The first-order valence-corrected chi connectivity index (χ1v) is 9.40. The van der Waals surface area contributed by atoms with Gasteiger partial charge in [-0.05, 0) is 52.9 Å². The van der Waals surface area contributed by atoms with Crippen molar-refractivity contribution in [2.45, 2.75) is 6.18 Å². The van der Waals surface area contributed by atoms with E-state index in [4.69, 9.17) is 5.73 Å². The number of benzene rings is 3. The van der Waals surface area contributed by atoms with E-state index in [2.05, 4.69) is 15.6 Å². The third-order valence-electron chi connectivity index (χ3n) is 4.78. The molecule has 0 saturated heterocycles. The molecule has 0 radical (unpaired) electrons. The maximum atomic E-state index is 13.8. The van der Waals surface area contributed by atoms with Crippen LogP contribution in [0.2, 0.25) is 0 Å². The van der Waals surface area contributed by atoms with E-state index in [9.17, 15) is 22.4 Å². The molecule has 0 aliphatic rings. The van der Waals surface area contributed by atoms with Crippen molar-refractivity contribution in [3.63, 3.8) is 0 Å². The van der Waals surface area contributed by atoms with Gasteiger partial charge in [-0.25, -0.2) is 14.2 Å². The van der Waals surface area contributed by atoms with Crippen LogP contribution in [0, 0.1) is 5.82 Å². The Morgan fingerprint density at radius 3 is 2.41 bits per heavy atom. The third kappa shape index (κ3) is 4.46. The fourth-order valence-electron chi connectivity index (χ4n) is 3.25. The average Bonchev–Trinajstić information content (AvgIpc) is 2.74. The van der Waals surface area contributed by atoms with E-state index in [1.165, 1.54) is 0 Å². The van der Waals surface area contributed by atoms with Crippen molar-refractivity contribution in [3.05, 3.63) is 84.3 Å². The molecule has 3 aromatic carbocycles. The Hall–Kier alpha value is -4.14. The maximum absolute atomic E-state index is 13.8. The molecule has 32 heavy (non-hydrogen) atoms. The quantitative estimate of drug-likeness (QED) is 0.328. The van der Waals surface area contributed by atoms with Gasteiger partial charge < -0.3 is 16.4 Å². The van der Waals surface area contributed by atoms with Crippen LogP contribution in [-0.2, 0) is 6.18 Å². The molecule has 2 amide bonds. The number of rotatable bonds is 3.